The third-order valence-electron chi connectivity index (χ3n) is 2.96. The van der Waals surface area contributed by atoms with Crippen LogP contribution in [0.2, 0.25) is 0 Å². The Hall–Kier alpha value is -2.94. The maximum atomic E-state index is 11.3. The molecule has 0 amide bonds. The number of anilines is 1. The van der Waals surface area contributed by atoms with Gasteiger partial charge in [0.15, 0.2) is 5.69 Å². The lowest BCUT2D eigenvalue weighted by Gasteiger charge is -2.14. The van der Waals surface area contributed by atoms with E-state index >= 15 is 0 Å². The predicted molar refractivity (Wildman–Crippen MR) is 76.6 cm³/mol. The molecule has 1 unspecified atom stereocenters. The van der Waals surface area contributed by atoms with E-state index in [2.05, 4.69) is 26.3 Å². The Morgan fingerprint density at radius 1 is 1.24 bits per heavy atom. The summed E-state index contributed by atoms with van der Waals surface area (Å²) in [5, 5.41) is 19.7. The number of benzene rings is 1. The third-order valence-corrected chi connectivity index (χ3v) is 2.96. The molecule has 0 saturated heterocycles. The molecule has 0 bridgehead atoms. The zero-order valence-electron chi connectivity index (χ0n) is 11.7. The second-order valence-electron chi connectivity index (χ2n) is 4.40. The molecule has 2 aromatic rings. The molecule has 6 heteroatoms. The van der Waals surface area contributed by atoms with Gasteiger partial charge >= 0.3 is 5.97 Å². The molecule has 1 aromatic heterocycles. The topological polar surface area (TPSA) is 87.9 Å². The first-order valence-corrected chi connectivity index (χ1v) is 6.32. The molecule has 0 fully saturated rings. The Kier molecular flexibility index (Phi) is 4.46. The second kappa shape index (κ2) is 6.48. The van der Waals surface area contributed by atoms with Crippen LogP contribution in [-0.2, 0) is 4.74 Å². The van der Waals surface area contributed by atoms with Crippen molar-refractivity contribution in [1.29, 1.82) is 5.26 Å². The Morgan fingerprint density at radius 2 is 1.95 bits per heavy atom. The summed E-state index contributed by atoms with van der Waals surface area (Å²) in [6.07, 6.45) is 0. The molecule has 106 valence electrons. The van der Waals surface area contributed by atoms with Crippen molar-refractivity contribution in [3.05, 3.63) is 53.2 Å². The first kappa shape index (κ1) is 14.5. The van der Waals surface area contributed by atoms with Crippen LogP contribution in [0.4, 0.5) is 5.82 Å². The van der Waals surface area contributed by atoms with E-state index in [1.54, 1.807) is 24.3 Å². The molecule has 1 atom stereocenters. The summed E-state index contributed by atoms with van der Waals surface area (Å²) in [6.45, 7) is 1.97. The quantitative estimate of drug-likeness (QED) is 0.866. The number of nitrogens with one attached hydrogen (secondary N) is 1. The highest BCUT2D eigenvalue weighted by Gasteiger charge is 2.10. The minimum atomic E-state index is -0.519. The first-order valence-electron chi connectivity index (χ1n) is 6.32. The van der Waals surface area contributed by atoms with Crippen LogP contribution >= 0.6 is 0 Å². The van der Waals surface area contributed by atoms with Gasteiger partial charge in [0.25, 0.3) is 0 Å². The predicted octanol–water partition coefficient (Wildman–Crippen LogP) is 2.31. The molecule has 0 aliphatic carbocycles. The summed E-state index contributed by atoms with van der Waals surface area (Å²) in [7, 11) is 1.29. The highest BCUT2D eigenvalue weighted by atomic mass is 16.5. The van der Waals surface area contributed by atoms with Crippen LogP contribution in [0.25, 0.3) is 0 Å². The number of hydrogen-bond donors (Lipinski definition) is 1. The van der Waals surface area contributed by atoms with Gasteiger partial charge in [0.05, 0.1) is 18.7 Å². The molecule has 21 heavy (non-hydrogen) atoms. The molecule has 6 nitrogen and oxygen atoms in total. The fraction of sp³-hybridized carbons (Fsp3) is 0.200. The number of ether oxygens (including phenoxy) is 1. The molecule has 0 aliphatic heterocycles. The summed E-state index contributed by atoms with van der Waals surface area (Å²) in [4.78, 5) is 11.3. The van der Waals surface area contributed by atoms with Gasteiger partial charge in [-0.25, -0.2) is 4.79 Å². The Balaban J connectivity index is 2.06. The smallest absolute Gasteiger partial charge is 0.358 e. The van der Waals surface area contributed by atoms with Crippen molar-refractivity contribution in [3.8, 4) is 6.07 Å². The number of methoxy groups -OCH3 is 1. The summed E-state index contributed by atoms with van der Waals surface area (Å²) >= 11 is 0. The maximum Gasteiger partial charge on any atom is 0.358 e. The minimum absolute atomic E-state index is 0.00369. The van der Waals surface area contributed by atoms with Gasteiger partial charge in [0.2, 0.25) is 0 Å². The lowest BCUT2D eigenvalue weighted by molar-refractivity contribution is 0.0593. The van der Waals surface area contributed by atoms with Crippen molar-refractivity contribution in [2.45, 2.75) is 13.0 Å². The molecule has 0 radical (unpaired) electrons. The van der Waals surface area contributed by atoms with E-state index in [1.165, 1.54) is 7.11 Å². The molecule has 1 N–H and O–H groups in total. The van der Waals surface area contributed by atoms with E-state index in [1.807, 2.05) is 19.1 Å². The average molecular weight is 282 g/mol. The van der Waals surface area contributed by atoms with Gasteiger partial charge in [-0.3, -0.25) is 0 Å². The number of nitrogens with zero attached hydrogens (tertiary/aromatic N) is 3. The lowest BCUT2D eigenvalue weighted by Crippen LogP contribution is -2.10. The normalized spacial score (nSPS) is 11.3. The fourth-order valence-electron chi connectivity index (χ4n) is 1.77. The van der Waals surface area contributed by atoms with Crippen LogP contribution < -0.4 is 5.32 Å². The number of hydrogen-bond acceptors (Lipinski definition) is 6. The van der Waals surface area contributed by atoms with Crippen molar-refractivity contribution in [2.24, 2.45) is 0 Å². The second-order valence-corrected chi connectivity index (χ2v) is 4.40. The number of esters is 1. The van der Waals surface area contributed by atoms with Crippen LogP contribution in [0, 0.1) is 11.3 Å². The number of rotatable bonds is 4. The zero-order valence-corrected chi connectivity index (χ0v) is 11.7. The van der Waals surface area contributed by atoms with Gasteiger partial charge in [-0.2, -0.15) is 5.26 Å². The van der Waals surface area contributed by atoms with Gasteiger partial charge in [-0.15, -0.1) is 10.2 Å². The van der Waals surface area contributed by atoms with Crippen LogP contribution in [0.15, 0.2) is 36.4 Å². The number of nitriles is 1. The van der Waals surface area contributed by atoms with Crippen molar-refractivity contribution in [2.75, 3.05) is 12.4 Å². The zero-order chi connectivity index (χ0) is 15.2. The largest absolute Gasteiger partial charge is 0.464 e. The van der Waals surface area contributed by atoms with E-state index < -0.39 is 5.97 Å². The highest BCUT2D eigenvalue weighted by Crippen LogP contribution is 2.18. The summed E-state index contributed by atoms with van der Waals surface area (Å²) < 4.78 is 4.56. The molecule has 0 aliphatic rings. The Morgan fingerprint density at radius 3 is 2.48 bits per heavy atom. The summed E-state index contributed by atoms with van der Waals surface area (Å²) in [5.74, 6) is 0.0358. The average Bonchev–Trinajstić information content (AvgIpc) is 2.55. The Bertz CT molecular complexity index is 660. The standard InChI is InChI=1S/C15H14N4O2/c1-10(12-5-3-11(9-16)4-6-12)17-14-8-7-13(18-19-14)15(20)21-2/h3-8,10H,1-2H3,(H,17,19). The third kappa shape index (κ3) is 3.54. The lowest BCUT2D eigenvalue weighted by atomic mass is 10.1. The van der Waals surface area contributed by atoms with Gasteiger partial charge < -0.3 is 10.1 Å². The van der Waals surface area contributed by atoms with E-state index in [4.69, 9.17) is 5.26 Å². The van der Waals surface area contributed by atoms with Crippen molar-refractivity contribution in [3.63, 3.8) is 0 Å². The maximum absolute atomic E-state index is 11.3. The van der Waals surface area contributed by atoms with Crippen LogP contribution in [0.3, 0.4) is 0 Å². The van der Waals surface area contributed by atoms with E-state index in [0.29, 0.717) is 11.4 Å². The molecule has 0 saturated carbocycles. The van der Waals surface area contributed by atoms with E-state index in [0.717, 1.165) is 5.56 Å². The van der Waals surface area contributed by atoms with Crippen LogP contribution in [0.1, 0.15) is 34.6 Å². The Labute approximate surface area is 122 Å². The van der Waals surface area contributed by atoms with Crippen molar-refractivity contribution in [1.82, 2.24) is 10.2 Å². The van der Waals surface area contributed by atoms with Gasteiger partial charge in [0, 0.05) is 6.04 Å². The summed E-state index contributed by atoms with van der Waals surface area (Å²) in [5.41, 5.74) is 1.80. The molecule has 0 spiro atoms. The SMILES string of the molecule is COC(=O)c1ccc(NC(C)c2ccc(C#N)cc2)nn1. The minimum Gasteiger partial charge on any atom is -0.464 e. The monoisotopic (exact) mass is 282 g/mol. The number of aromatic nitrogens is 2. The molecular formula is C15H14N4O2. The molecular weight excluding hydrogens is 268 g/mol. The van der Waals surface area contributed by atoms with Gasteiger partial charge in [0.1, 0.15) is 5.82 Å². The highest BCUT2D eigenvalue weighted by molar-refractivity contribution is 5.86. The van der Waals surface area contributed by atoms with Gasteiger partial charge in [-0.1, -0.05) is 12.1 Å². The molecule has 1 heterocycles. The molecule has 1 aromatic carbocycles. The summed E-state index contributed by atoms with van der Waals surface area (Å²) in [6, 6.07) is 12.6. The van der Waals surface area contributed by atoms with Crippen LogP contribution in [0.5, 0.6) is 0 Å². The molecule has 2 rings (SSSR count). The van der Waals surface area contributed by atoms with E-state index in [9.17, 15) is 4.79 Å². The van der Waals surface area contributed by atoms with Crippen LogP contribution in [-0.4, -0.2) is 23.3 Å². The number of carbonyl (C=O) groups excluding carboxylic acids is 1. The van der Waals surface area contributed by atoms with Crippen molar-refractivity contribution < 1.29 is 9.53 Å². The van der Waals surface area contributed by atoms with E-state index in [-0.39, 0.29) is 11.7 Å². The van der Waals surface area contributed by atoms with Gasteiger partial charge in [-0.05, 0) is 36.8 Å². The number of carbonyl (C=O) groups is 1. The first-order chi connectivity index (χ1) is 10.1. The fourth-order valence-corrected chi connectivity index (χ4v) is 1.77. The van der Waals surface area contributed by atoms with Crippen molar-refractivity contribution >= 4 is 11.8 Å².